The molecule has 0 bridgehead atoms. The second kappa shape index (κ2) is 13.4. The zero-order chi connectivity index (χ0) is 31.4. The molecule has 4 aromatic rings. The first-order valence-electron chi connectivity index (χ1n) is 14.6. The number of ether oxygens (including phenoxy) is 2. The van der Waals surface area contributed by atoms with Crippen LogP contribution in [0.5, 0.6) is 5.75 Å². The lowest BCUT2D eigenvalue weighted by atomic mass is 9.93. The molecule has 9 nitrogen and oxygen atoms in total. The van der Waals surface area contributed by atoms with Gasteiger partial charge in [-0.05, 0) is 78.2 Å². The summed E-state index contributed by atoms with van der Waals surface area (Å²) in [5.41, 5.74) is 10.3. The highest BCUT2D eigenvalue weighted by Gasteiger charge is 2.27. The second-order valence-electron chi connectivity index (χ2n) is 11.2. The molecule has 0 spiro atoms. The number of pyridine rings is 1. The maximum absolute atomic E-state index is 13.9. The number of fused-ring (bicyclic) bond motifs is 3. The molecule has 2 aromatic heterocycles. The topological polar surface area (TPSA) is 133 Å². The highest BCUT2D eigenvalue weighted by Crippen LogP contribution is 2.43. The molecule has 44 heavy (non-hydrogen) atoms. The van der Waals surface area contributed by atoms with Crippen molar-refractivity contribution in [3.8, 4) is 27.3 Å². The van der Waals surface area contributed by atoms with Crippen LogP contribution in [0.2, 0.25) is 0 Å². The normalized spacial score (nSPS) is 12.8. The summed E-state index contributed by atoms with van der Waals surface area (Å²) < 4.78 is 11.2. The number of hydrogen-bond donors (Lipinski definition) is 3. The monoisotopic (exact) mass is 612 g/mol. The molecule has 0 radical (unpaired) electrons. The first-order valence-corrected chi connectivity index (χ1v) is 15.4. The standard InChI is InChI=1S/C34H36N4O5S/c1-19(2)15-20(3)36-33(40)28-10-9-24(30(38-28)34(41)42-4)25-17-29-27(31-22(11-13-43-29)12-14-44-31)16-26(25)32(39)37-23-7-5-21(18-35)6-8-23/h5-10,12,14,16-17,19-20H,11,13,15,18,35H2,1-4H3,(H,36,40)(H,37,39). The van der Waals surface area contributed by atoms with Gasteiger partial charge in [-0.1, -0.05) is 26.0 Å². The molecule has 5 rings (SSSR count). The number of carbonyl (C=O) groups is 3. The van der Waals surface area contributed by atoms with Crippen LogP contribution < -0.4 is 21.1 Å². The molecular weight excluding hydrogens is 576 g/mol. The van der Waals surface area contributed by atoms with Gasteiger partial charge in [-0.25, -0.2) is 9.78 Å². The number of thiophene rings is 1. The fourth-order valence-corrected chi connectivity index (χ4v) is 6.35. The summed E-state index contributed by atoms with van der Waals surface area (Å²) in [5.74, 6) is -0.527. The van der Waals surface area contributed by atoms with E-state index in [4.69, 9.17) is 15.2 Å². The van der Waals surface area contributed by atoms with E-state index in [1.54, 1.807) is 47.7 Å². The Labute approximate surface area is 260 Å². The first kappa shape index (κ1) is 30.9. The van der Waals surface area contributed by atoms with E-state index < -0.39 is 11.9 Å². The van der Waals surface area contributed by atoms with E-state index in [0.717, 1.165) is 34.4 Å². The van der Waals surface area contributed by atoms with Gasteiger partial charge in [-0.2, -0.15) is 0 Å². The van der Waals surface area contributed by atoms with E-state index in [1.165, 1.54) is 7.11 Å². The van der Waals surface area contributed by atoms with Gasteiger partial charge in [0.05, 0.1) is 13.7 Å². The predicted molar refractivity (Wildman–Crippen MR) is 172 cm³/mol. The fourth-order valence-electron chi connectivity index (χ4n) is 5.37. The smallest absolute Gasteiger partial charge is 0.357 e. The Morgan fingerprint density at radius 1 is 1.00 bits per heavy atom. The van der Waals surface area contributed by atoms with Gasteiger partial charge in [-0.15, -0.1) is 11.3 Å². The van der Waals surface area contributed by atoms with E-state index in [0.29, 0.717) is 47.2 Å². The Hall–Kier alpha value is -4.54. The fraction of sp³-hybridized carbons (Fsp3) is 0.294. The van der Waals surface area contributed by atoms with E-state index >= 15 is 0 Å². The highest BCUT2D eigenvalue weighted by atomic mass is 32.1. The van der Waals surface area contributed by atoms with Crippen molar-refractivity contribution in [2.45, 2.75) is 46.2 Å². The average molecular weight is 613 g/mol. The van der Waals surface area contributed by atoms with Gasteiger partial charge in [0.15, 0.2) is 5.69 Å². The van der Waals surface area contributed by atoms with Crippen LogP contribution in [0.15, 0.2) is 60.0 Å². The molecule has 10 heteroatoms. The molecule has 3 heterocycles. The number of carbonyl (C=O) groups excluding carboxylic acids is 3. The van der Waals surface area contributed by atoms with Crippen molar-refractivity contribution in [1.29, 1.82) is 0 Å². The van der Waals surface area contributed by atoms with E-state index in [9.17, 15) is 14.4 Å². The number of nitrogens with two attached hydrogens (primary N) is 1. The molecule has 0 saturated heterocycles. The van der Waals surface area contributed by atoms with Crippen molar-refractivity contribution in [1.82, 2.24) is 10.3 Å². The number of hydrogen-bond acceptors (Lipinski definition) is 8. The van der Waals surface area contributed by atoms with Gasteiger partial charge >= 0.3 is 5.97 Å². The van der Waals surface area contributed by atoms with Crippen molar-refractivity contribution in [3.05, 3.63) is 88.1 Å². The van der Waals surface area contributed by atoms with Gasteiger partial charge in [0, 0.05) is 51.8 Å². The summed E-state index contributed by atoms with van der Waals surface area (Å²) >= 11 is 1.58. The minimum absolute atomic E-state index is 0.0741. The minimum atomic E-state index is -0.731. The molecule has 228 valence electrons. The molecule has 0 fully saturated rings. The van der Waals surface area contributed by atoms with Crippen molar-refractivity contribution >= 4 is 34.8 Å². The SMILES string of the molecule is COC(=O)c1nc(C(=O)NC(C)CC(C)C)ccc1-c1cc2c(cc1C(=O)Nc1ccc(CN)cc1)-c1sccc1CCO2. The lowest BCUT2D eigenvalue weighted by molar-refractivity contribution is 0.0594. The Morgan fingerprint density at radius 3 is 2.48 bits per heavy atom. The van der Waals surface area contributed by atoms with Crippen LogP contribution in [0.4, 0.5) is 5.69 Å². The number of amides is 2. The Kier molecular flexibility index (Phi) is 9.41. The van der Waals surface area contributed by atoms with Crippen LogP contribution in [0, 0.1) is 5.92 Å². The Morgan fingerprint density at radius 2 is 1.77 bits per heavy atom. The molecule has 1 unspecified atom stereocenters. The van der Waals surface area contributed by atoms with E-state index in [1.807, 2.05) is 24.4 Å². The number of benzene rings is 2. The largest absolute Gasteiger partial charge is 0.493 e. The highest BCUT2D eigenvalue weighted by molar-refractivity contribution is 7.13. The number of nitrogens with one attached hydrogen (secondary N) is 2. The van der Waals surface area contributed by atoms with Crippen LogP contribution in [0.1, 0.15) is 69.7 Å². The summed E-state index contributed by atoms with van der Waals surface area (Å²) in [7, 11) is 1.25. The lowest BCUT2D eigenvalue weighted by Gasteiger charge is -2.18. The summed E-state index contributed by atoms with van der Waals surface area (Å²) in [4.78, 5) is 45.6. The van der Waals surface area contributed by atoms with Crippen LogP contribution in [-0.2, 0) is 17.7 Å². The van der Waals surface area contributed by atoms with Crippen LogP contribution in [0.3, 0.4) is 0 Å². The van der Waals surface area contributed by atoms with Crippen molar-refractivity contribution in [2.75, 3.05) is 19.0 Å². The summed E-state index contributed by atoms with van der Waals surface area (Å²) in [6.45, 7) is 6.94. The maximum atomic E-state index is 13.9. The van der Waals surface area contributed by atoms with Gasteiger partial charge in [0.25, 0.3) is 11.8 Å². The average Bonchev–Trinajstić information content (AvgIpc) is 3.41. The molecule has 1 aliphatic heterocycles. The third kappa shape index (κ3) is 6.66. The predicted octanol–water partition coefficient (Wildman–Crippen LogP) is 6.07. The Bertz CT molecular complexity index is 1700. The molecule has 1 aliphatic rings. The number of esters is 1. The zero-order valence-corrected chi connectivity index (χ0v) is 26.0. The third-order valence-electron chi connectivity index (χ3n) is 7.43. The number of nitrogens with zero attached hydrogens (tertiary/aromatic N) is 1. The lowest BCUT2D eigenvalue weighted by Crippen LogP contribution is -2.34. The number of rotatable bonds is 9. The molecular formula is C34H36N4O5S. The minimum Gasteiger partial charge on any atom is -0.493 e. The van der Waals surface area contributed by atoms with Gasteiger partial charge < -0.3 is 25.8 Å². The zero-order valence-electron chi connectivity index (χ0n) is 25.2. The first-order chi connectivity index (χ1) is 21.2. The third-order valence-corrected chi connectivity index (χ3v) is 8.42. The molecule has 4 N–H and O–H groups in total. The van der Waals surface area contributed by atoms with Crippen LogP contribution >= 0.6 is 11.3 Å². The maximum Gasteiger partial charge on any atom is 0.357 e. The molecule has 2 aromatic carbocycles. The summed E-state index contributed by atoms with van der Waals surface area (Å²) in [6.07, 6.45) is 1.52. The Balaban J connectivity index is 1.62. The molecule has 0 saturated carbocycles. The second-order valence-corrected chi connectivity index (χ2v) is 12.1. The van der Waals surface area contributed by atoms with Crippen molar-refractivity contribution in [2.24, 2.45) is 11.7 Å². The van der Waals surface area contributed by atoms with Crippen LogP contribution in [0.25, 0.3) is 21.6 Å². The van der Waals surface area contributed by atoms with E-state index in [-0.39, 0.29) is 23.3 Å². The summed E-state index contributed by atoms with van der Waals surface area (Å²) in [6, 6.07) is 16.0. The van der Waals surface area contributed by atoms with Crippen molar-refractivity contribution in [3.63, 3.8) is 0 Å². The molecule has 0 aliphatic carbocycles. The van der Waals surface area contributed by atoms with Crippen LogP contribution in [-0.4, -0.2) is 42.5 Å². The van der Waals surface area contributed by atoms with Crippen molar-refractivity contribution < 1.29 is 23.9 Å². The molecule has 1 atom stereocenters. The quantitative estimate of drug-likeness (QED) is 0.195. The summed E-state index contributed by atoms with van der Waals surface area (Å²) in [5, 5.41) is 7.94. The molecule has 2 amide bonds. The van der Waals surface area contributed by atoms with Gasteiger partial charge in [0.2, 0.25) is 0 Å². The number of aromatic nitrogens is 1. The van der Waals surface area contributed by atoms with Gasteiger partial charge in [0.1, 0.15) is 11.4 Å². The number of anilines is 1. The number of methoxy groups -OCH3 is 1. The van der Waals surface area contributed by atoms with Gasteiger partial charge in [-0.3, -0.25) is 9.59 Å². The van der Waals surface area contributed by atoms with E-state index in [2.05, 4.69) is 35.5 Å².